The summed E-state index contributed by atoms with van der Waals surface area (Å²) in [5.74, 6) is 2.47. The van der Waals surface area contributed by atoms with Crippen LogP contribution >= 0.6 is 11.8 Å². The van der Waals surface area contributed by atoms with Crippen molar-refractivity contribution in [3.05, 3.63) is 35.5 Å². The maximum Gasteiger partial charge on any atom is 0.189 e. The zero-order valence-electron chi connectivity index (χ0n) is 12.6. The van der Waals surface area contributed by atoms with Crippen LogP contribution in [0, 0.1) is 5.92 Å². The smallest absolute Gasteiger partial charge is 0.189 e. The van der Waals surface area contributed by atoms with Gasteiger partial charge in [0.1, 0.15) is 11.6 Å². The molecule has 3 heterocycles. The van der Waals surface area contributed by atoms with Gasteiger partial charge in [-0.25, -0.2) is 19.9 Å². The Hall–Kier alpha value is -1.69. The van der Waals surface area contributed by atoms with Crippen LogP contribution in [0.5, 0.6) is 0 Å². The molecule has 3 rings (SSSR count). The Morgan fingerprint density at radius 1 is 1.24 bits per heavy atom. The predicted molar refractivity (Wildman–Crippen MR) is 84.3 cm³/mol. The Morgan fingerprint density at radius 2 is 2.10 bits per heavy atom. The highest BCUT2D eigenvalue weighted by Crippen LogP contribution is 2.26. The van der Waals surface area contributed by atoms with E-state index in [0.29, 0.717) is 5.92 Å². The fraction of sp³-hybridized carbons (Fsp3) is 0.467. The van der Waals surface area contributed by atoms with Crippen molar-refractivity contribution in [2.45, 2.75) is 38.5 Å². The van der Waals surface area contributed by atoms with E-state index in [0.717, 1.165) is 42.0 Å². The molecule has 0 saturated carbocycles. The van der Waals surface area contributed by atoms with E-state index in [2.05, 4.69) is 33.7 Å². The second-order valence-electron chi connectivity index (χ2n) is 5.61. The number of nitrogens with zero attached hydrogens (tertiary/aromatic N) is 5. The summed E-state index contributed by atoms with van der Waals surface area (Å²) in [4.78, 5) is 20.2. The van der Waals surface area contributed by atoms with Crippen molar-refractivity contribution in [3.8, 4) is 0 Å². The van der Waals surface area contributed by atoms with Crippen molar-refractivity contribution < 1.29 is 0 Å². The van der Waals surface area contributed by atoms with Crippen LogP contribution in [0.3, 0.4) is 0 Å². The number of aromatic nitrogens is 4. The highest BCUT2D eigenvalue weighted by Gasteiger charge is 2.22. The van der Waals surface area contributed by atoms with E-state index in [1.165, 1.54) is 5.56 Å². The average Bonchev–Trinajstić information content (AvgIpc) is 2.90. The van der Waals surface area contributed by atoms with Gasteiger partial charge in [0.15, 0.2) is 5.16 Å². The van der Waals surface area contributed by atoms with Crippen LogP contribution in [0.1, 0.15) is 30.9 Å². The largest absolute Gasteiger partial charge is 0.346 e. The molecule has 0 unspecified atom stereocenters. The molecule has 0 aromatic carbocycles. The van der Waals surface area contributed by atoms with Gasteiger partial charge in [0.2, 0.25) is 0 Å². The minimum atomic E-state index is 0.576. The van der Waals surface area contributed by atoms with Crippen LogP contribution in [0.25, 0.3) is 0 Å². The van der Waals surface area contributed by atoms with Crippen molar-refractivity contribution in [1.82, 2.24) is 19.9 Å². The minimum Gasteiger partial charge on any atom is -0.346 e. The number of anilines is 1. The third-order valence-electron chi connectivity index (χ3n) is 3.42. The van der Waals surface area contributed by atoms with Gasteiger partial charge in [0.05, 0.1) is 12.2 Å². The molecule has 0 aliphatic carbocycles. The lowest BCUT2D eigenvalue weighted by Crippen LogP contribution is -2.16. The summed E-state index contributed by atoms with van der Waals surface area (Å²) in [5.41, 5.74) is 2.33. The minimum absolute atomic E-state index is 0.576. The Bertz CT molecular complexity index is 644. The van der Waals surface area contributed by atoms with Gasteiger partial charge in [-0.1, -0.05) is 25.6 Å². The first-order valence-corrected chi connectivity index (χ1v) is 8.34. The molecule has 0 bridgehead atoms. The fourth-order valence-corrected chi connectivity index (χ4v) is 2.78. The van der Waals surface area contributed by atoms with E-state index in [9.17, 15) is 0 Å². The standard InChI is InChI=1S/C15H19N5S/c1-10(2)6-13-17-7-11-8-20(9-12(11)18-13)14-4-5-16-15(19-14)21-3/h4-5,7,10H,6,8-9H2,1-3H3. The molecule has 0 N–H and O–H groups in total. The molecule has 110 valence electrons. The topological polar surface area (TPSA) is 54.8 Å². The molecule has 1 aliphatic heterocycles. The molecule has 0 radical (unpaired) electrons. The number of fused-ring (bicyclic) bond motifs is 1. The highest BCUT2D eigenvalue weighted by atomic mass is 32.2. The van der Waals surface area contributed by atoms with Gasteiger partial charge in [-0.2, -0.15) is 0 Å². The third kappa shape index (κ3) is 3.15. The Balaban J connectivity index is 1.80. The van der Waals surface area contributed by atoms with Gasteiger partial charge in [0, 0.05) is 30.9 Å². The molecular weight excluding hydrogens is 282 g/mol. The normalized spacial score (nSPS) is 13.8. The summed E-state index contributed by atoms with van der Waals surface area (Å²) in [7, 11) is 0. The number of hydrogen-bond donors (Lipinski definition) is 0. The second kappa shape index (κ2) is 5.97. The van der Waals surface area contributed by atoms with E-state index in [1.54, 1.807) is 11.8 Å². The summed E-state index contributed by atoms with van der Waals surface area (Å²) in [6.45, 7) is 6.00. The van der Waals surface area contributed by atoms with Crippen LogP contribution < -0.4 is 4.90 Å². The number of thioether (sulfide) groups is 1. The van der Waals surface area contributed by atoms with Crippen LogP contribution in [0.4, 0.5) is 5.82 Å². The average molecular weight is 301 g/mol. The zero-order chi connectivity index (χ0) is 14.8. The quantitative estimate of drug-likeness (QED) is 0.639. The summed E-state index contributed by atoms with van der Waals surface area (Å²) in [5, 5.41) is 0.801. The lowest BCUT2D eigenvalue weighted by molar-refractivity contribution is 0.617. The van der Waals surface area contributed by atoms with E-state index < -0.39 is 0 Å². The Labute approximate surface area is 129 Å². The molecule has 0 spiro atoms. The molecule has 0 saturated heterocycles. The maximum absolute atomic E-state index is 4.71. The van der Waals surface area contributed by atoms with Crippen molar-refractivity contribution >= 4 is 17.6 Å². The van der Waals surface area contributed by atoms with Crippen molar-refractivity contribution in [2.24, 2.45) is 5.92 Å². The molecule has 21 heavy (non-hydrogen) atoms. The highest BCUT2D eigenvalue weighted by molar-refractivity contribution is 7.98. The lowest BCUT2D eigenvalue weighted by Gasteiger charge is -2.15. The van der Waals surface area contributed by atoms with E-state index >= 15 is 0 Å². The van der Waals surface area contributed by atoms with Crippen molar-refractivity contribution in [1.29, 1.82) is 0 Å². The first kappa shape index (κ1) is 14.3. The SMILES string of the molecule is CSc1nccc(N2Cc3cnc(CC(C)C)nc3C2)n1. The van der Waals surface area contributed by atoms with Crippen LogP contribution in [-0.4, -0.2) is 26.2 Å². The van der Waals surface area contributed by atoms with Gasteiger partial charge in [-0.3, -0.25) is 0 Å². The molecule has 2 aromatic rings. The van der Waals surface area contributed by atoms with Crippen molar-refractivity contribution in [3.63, 3.8) is 0 Å². The summed E-state index contributed by atoms with van der Waals surface area (Å²) in [6.07, 6.45) is 6.70. The van der Waals surface area contributed by atoms with Crippen LogP contribution in [-0.2, 0) is 19.5 Å². The number of hydrogen-bond acceptors (Lipinski definition) is 6. The summed E-state index contributed by atoms with van der Waals surface area (Å²) in [6, 6.07) is 1.95. The van der Waals surface area contributed by atoms with Gasteiger partial charge in [0.25, 0.3) is 0 Å². The summed E-state index contributed by atoms with van der Waals surface area (Å²) < 4.78 is 0. The molecule has 0 amide bonds. The molecule has 6 heteroatoms. The maximum atomic E-state index is 4.71. The predicted octanol–water partition coefficient (Wildman–Crippen LogP) is 2.71. The Morgan fingerprint density at radius 3 is 2.86 bits per heavy atom. The first-order valence-electron chi connectivity index (χ1n) is 7.11. The monoisotopic (exact) mass is 301 g/mol. The lowest BCUT2D eigenvalue weighted by atomic mass is 10.1. The molecule has 2 aromatic heterocycles. The van der Waals surface area contributed by atoms with E-state index in [1.807, 2.05) is 24.7 Å². The van der Waals surface area contributed by atoms with E-state index in [4.69, 9.17) is 4.98 Å². The summed E-state index contributed by atoms with van der Waals surface area (Å²) >= 11 is 1.56. The van der Waals surface area contributed by atoms with E-state index in [-0.39, 0.29) is 0 Å². The molecular formula is C15H19N5S. The Kier molecular flexibility index (Phi) is 4.05. The van der Waals surface area contributed by atoms with Gasteiger partial charge in [-0.05, 0) is 18.2 Å². The van der Waals surface area contributed by atoms with Gasteiger partial charge < -0.3 is 4.90 Å². The third-order valence-corrected chi connectivity index (χ3v) is 3.98. The molecule has 1 aliphatic rings. The first-order chi connectivity index (χ1) is 10.2. The van der Waals surface area contributed by atoms with Crippen LogP contribution in [0.15, 0.2) is 23.6 Å². The second-order valence-corrected chi connectivity index (χ2v) is 6.39. The van der Waals surface area contributed by atoms with Gasteiger partial charge in [-0.15, -0.1) is 0 Å². The van der Waals surface area contributed by atoms with Gasteiger partial charge >= 0.3 is 0 Å². The molecule has 5 nitrogen and oxygen atoms in total. The van der Waals surface area contributed by atoms with Crippen LogP contribution in [0.2, 0.25) is 0 Å². The zero-order valence-corrected chi connectivity index (χ0v) is 13.4. The molecule has 0 atom stereocenters. The number of rotatable bonds is 4. The fourth-order valence-electron chi connectivity index (χ4n) is 2.43. The van der Waals surface area contributed by atoms with Crippen molar-refractivity contribution in [2.75, 3.05) is 11.2 Å². The molecule has 0 fully saturated rings.